The summed E-state index contributed by atoms with van der Waals surface area (Å²) in [5.41, 5.74) is 5.40. The Labute approximate surface area is 300 Å². The van der Waals surface area contributed by atoms with E-state index in [0.29, 0.717) is 0 Å². The zero-order chi connectivity index (χ0) is 37.4. The average Bonchev–Trinajstić information content (AvgIpc) is 3.59. The second-order valence-corrected chi connectivity index (χ2v) is 17.6. The molecule has 0 unspecified atom stereocenters. The van der Waals surface area contributed by atoms with Crippen LogP contribution in [0.2, 0.25) is 0 Å². The van der Waals surface area contributed by atoms with Crippen LogP contribution in [0.1, 0.15) is 131 Å². The molecule has 0 saturated heterocycles. The first-order valence-electron chi connectivity index (χ1n) is 16.6. The summed E-state index contributed by atoms with van der Waals surface area (Å²) in [7, 11) is 0. The summed E-state index contributed by atoms with van der Waals surface area (Å²) in [5, 5.41) is 11.0. The molecule has 5 aromatic heterocycles. The van der Waals surface area contributed by atoms with E-state index < -0.39 is 0 Å². The Kier molecular flexibility index (Phi) is 16.9. The molecule has 0 radical (unpaired) electrons. The van der Waals surface area contributed by atoms with Crippen LogP contribution in [0, 0.1) is 0 Å². The lowest BCUT2D eigenvalue weighted by atomic mass is 9.88. The topological polar surface area (TPSA) is 103 Å². The van der Waals surface area contributed by atoms with Gasteiger partial charge in [-0.2, -0.15) is 10.2 Å². The molecule has 49 heavy (non-hydrogen) atoms. The minimum absolute atomic E-state index is 0.119. The number of rotatable bonds is 0. The maximum Gasteiger partial charge on any atom is 0.115 e. The molecule has 0 aliphatic carbocycles. The molecule has 8 nitrogen and oxygen atoms in total. The smallest absolute Gasteiger partial charge is 0.115 e. The fourth-order valence-electron chi connectivity index (χ4n) is 3.47. The standard InChI is InChI=1S/C9H13N.3C8H12N2.C7H11NS/c1-9(2,3)8-5-4-6-10-7-8;1-8(2,3)7-4-9-6-10-5-7;1-8(2,3)7-6-9-4-5-10-7;1-8(2,3)7-5-4-6-9-10-7;1-7(2,3)6-8-4-5-9-6/h4-7H,1-3H3;3*4-6H,1-3H3;4-5H,1-3H3. The molecule has 0 amide bonds. The van der Waals surface area contributed by atoms with Gasteiger partial charge < -0.3 is 0 Å². The van der Waals surface area contributed by atoms with E-state index in [2.05, 4.69) is 150 Å². The highest BCUT2D eigenvalue weighted by atomic mass is 32.1. The van der Waals surface area contributed by atoms with Crippen LogP contribution >= 0.6 is 11.3 Å². The van der Waals surface area contributed by atoms with Gasteiger partial charge in [-0.25, -0.2) is 15.0 Å². The van der Waals surface area contributed by atoms with Crippen molar-refractivity contribution >= 4 is 11.3 Å². The Morgan fingerprint density at radius 2 is 1.00 bits per heavy atom. The van der Waals surface area contributed by atoms with Gasteiger partial charge in [-0.3, -0.25) is 15.0 Å². The van der Waals surface area contributed by atoms with Gasteiger partial charge in [0.2, 0.25) is 0 Å². The summed E-state index contributed by atoms with van der Waals surface area (Å²) >= 11 is 1.72. The lowest BCUT2D eigenvalue weighted by Crippen LogP contribution is -2.13. The van der Waals surface area contributed by atoms with E-state index in [9.17, 15) is 0 Å². The first-order valence-corrected chi connectivity index (χ1v) is 17.5. The van der Waals surface area contributed by atoms with Gasteiger partial charge in [-0.15, -0.1) is 11.3 Å². The normalized spacial score (nSPS) is 11.6. The van der Waals surface area contributed by atoms with Gasteiger partial charge in [0.25, 0.3) is 0 Å². The van der Waals surface area contributed by atoms with E-state index in [1.807, 2.05) is 48.4 Å². The molecule has 5 aromatic rings. The number of pyridine rings is 1. The van der Waals surface area contributed by atoms with E-state index in [4.69, 9.17) is 0 Å². The molecule has 0 N–H and O–H groups in total. The van der Waals surface area contributed by atoms with Crippen molar-refractivity contribution in [1.82, 2.24) is 40.1 Å². The van der Waals surface area contributed by atoms with Crippen LogP contribution in [0.3, 0.4) is 0 Å². The van der Waals surface area contributed by atoms with Crippen molar-refractivity contribution in [2.45, 2.75) is 131 Å². The molecule has 0 spiro atoms. The minimum Gasteiger partial charge on any atom is -0.264 e. The van der Waals surface area contributed by atoms with Gasteiger partial charge in [-0.1, -0.05) is 110 Å². The summed E-state index contributed by atoms with van der Waals surface area (Å²) in [6, 6.07) is 7.98. The zero-order valence-electron chi connectivity index (χ0n) is 32.6. The van der Waals surface area contributed by atoms with E-state index in [1.54, 1.807) is 48.6 Å². The number of nitrogens with zero attached hydrogens (tertiary/aromatic N) is 8. The Morgan fingerprint density at radius 1 is 0.449 bits per heavy atom. The molecule has 266 valence electrons. The van der Waals surface area contributed by atoms with Crippen LogP contribution < -0.4 is 0 Å². The minimum atomic E-state index is 0.119. The molecular weight excluding hydrogens is 625 g/mol. The van der Waals surface area contributed by atoms with Gasteiger partial charge in [0.15, 0.2) is 0 Å². The highest BCUT2D eigenvalue weighted by Gasteiger charge is 2.16. The van der Waals surface area contributed by atoms with Crippen molar-refractivity contribution in [1.29, 1.82) is 0 Å². The largest absolute Gasteiger partial charge is 0.264 e. The van der Waals surface area contributed by atoms with E-state index in [0.717, 1.165) is 11.4 Å². The molecule has 0 aliphatic heterocycles. The zero-order valence-corrected chi connectivity index (χ0v) is 33.5. The number of hydrogen-bond acceptors (Lipinski definition) is 9. The third kappa shape index (κ3) is 18.4. The Bertz CT molecular complexity index is 1330. The lowest BCUT2D eigenvalue weighted by Gasteiger charge is -2.17. The van der Waals surface area contributed by atoms with Gasteiger partial charge >= 0.3 is 0 Å². The van der Waals surface area contributed by atoms with Crippen LogP contribution in [-0.2, 0) is 27.1 Å². The predicted octanol–water partition coefficient (Wildman–Crippen LogP) is 10.1. The molecule has 0 aliphatic rings. The Hall–Kier alpha value is -3.98. The molecule has 5 rings (SSSR count). The number of aromatic nitrogens is 8. The number of thiazole rings is 1. The van der Waals surface area contributed by atoms with Crippen molar-refractivity contribution in [2.24, 2.45) is 0 Å². The quantitative estimate of drug-likeness (QED) is 0.159. The Morgan fingerprint density at radius 3 is 1.29 bits per heavy atom. The van der Waals surface area contributed by atoms with Crippen molar-refractivity contribution in [3.05, 3.63) is 119 Å². The monoisotopic (exact) mass is 684 g/mol. The molecule has 0 aromatic carbocycles. The van der Waals surface area contributed by atoms with Gasteiger partial charge in [0.1, 0.15) is 6.33 Å². The highest BCUT2D eigenvalue weighted by molar-refractivity contribution is 7.09. The van der Waals surface area contributed by atoms with Crippen LogP contribution in [0.15, 0.2) is 91.7 Å². The average molecular weight is 685 g/mol. The Balaban J connectivity index is 0.000000306. The van der Waals surface area contributed by atoms with Gasteiger partial charge in [-0.05, 0) is 40.2 Å². The van der Waals surface area contributed by atoms with Crippen LogP contribution in [-0.4, -0.2) is 40.1 Å². The van der Waals surface area contributed by atoms with Gasteiger partial charge in [0, 0.05) is 77.4 Å². The second kappa shape index (κ2) is 19.3. The van der Waals surface area contributed by atoms with Crippen LogP contribution in [0.25, 0.3) is 0 Å². The fourth-order valence-corrected chi connectivity index (χ4v) is 4.20. The summed E-state index contributed by atoms with van der Waals surface area (Å²) in [4.78, 5) is 24.3. The van der Waals surface area contributed by atoms with Gasteiger partial charge in [0.05, 0.1) is 16.4 Å². The first-order chi connectivity index (χ1) is 22.5. The molecule has 0 fully saturated rings. The maximum atomic E-state index is 4.21. The maximum absolute atomic E-state index is 4.21. The molecule has 0 saturated carbocycles. The first kappa shape index (κ1) is 43.0. The van der Waals surface area contributed by atoms with Crippen molar-refractivity contribution in [3.8, 4) is 0 Å². The van der Waals surface area contributed by atoms with E-state index in [1.165, 1.54) is 16.1 Å². The molecule has 9 heteroatoms. The predicted molar refractivity (Wildman–Crippen MR) is 206 cm³/mol. The summed E-state index contributed by atoms with van der Waals surface area (Å²) in [6.45, 7) is 32.2. The molecule has 0 bridgehead atoms. The molecular formula is C40H60N8S. The molecule has 0 atom stereocenters. The summed E-state index contributed by atoms with van der Waals surface area (Å²) in [5.74, 6) is 0. The van der Waals surface area contributed by atoms with Crippen molar-refractivity contribution < 1.29 is 0 Å². The summed E-state index contributed by atoms with van der Waals surface area (Å²) < 4.78 is 0. The van der Waals surface area contributed by atoms with Crippen molar-refractivity contribution in [3.63, 3.8) is 0 Å². The summed E-state index contributed by atoms with van der Waals surface area (Å²) in [6.07, 6.45) is 17.7. The van der Waals surface area contributed by atoms with Crippen LogP contribution in [0.5, 0.6) is 0 Å². The highest BCUT2D eigenvalue weighted by Crippen LogP contribution is 2.23. The number of hydrogen-bond donors (Lipinski definition) is 0. The van der Waals surface area contributed by atoms with Crippen molar-refractivity contribution in [2.75, 3.05) is 0 Å². The second-order valence-electron chi connectivity index (χ2n) is 16.7. The fraction of sp³-hybridized carbons (Fsp3) is 0.500. The third-order valence-corrected chi connectivity index (χ3v) is 7.90. The lowest BCUT2D eigenvalue weighted by molar-refractivity contribution is 0.558. The molecule has 5 heterocycles. The van der Waals surface area contributed by atoms with E-state index in [-0.39, 0.29) is 27.1 Å². The van der Waals surface area contributed by atoms with E-state index >= 15 is 0 Å². The SMILES string of the molecule is CC(C)(C)c1cccnc1.CC(C)(C)c1cccnn1.CC(C)(C)c1cnccn1.CC(C)(C)c1cncnc1.CC(C)(C)c1nccs1. The third-order valence-electron chi connectivity index (χ3n) is 6.70. The van der Waals surface area contributed by atoms with Crippen LogP contribution in [0.4, 0.5) is 0 Å².